The van der Waals surface area contributed by atoms with Gasteiger partial charge >= 0.3 is 0 Å². The first-order chi connectivity index (χ1) is 9.33. The van der Waals surface area contributed by atoms with Crippen LogP contribution in [0.4, 0.5) is 0 Å². The number of methoxy groups -OCH3 is 2. The number of hydrogen-bond donors (Lipinski definition) is 0. The molecule has 3 rings (SSSR count). The standard InChI is InChI=1S/C17H22O2/c1-18-16-9-8-14-10-12-6-4-3-5-7-13(12)11-15(14)17(16)19-2/h4,6,8-9,12-13H,3,5,7,10-11H2,1-2H3. The van der Waals surface area contributed by atoms with E-state index in [-0.39, 0.29) is 0 Å². The number of ether oxygens (including phenoxy) is 2. The normalized spacial score (nSPS) is 25.2. The van der Waals surface area contributed by atoms with Gasteiger partial charge in [-0.15, -0.1) is 0 Å². The highest BCUT2D eigenvalue weighted by molar-refractivity contribution is 5.52. The molecule has 102 valence electrons. The summed E-state index contributed by atoms with van der Waals surface area (Å²) in [4.78, 5) is 0. The maximum Gasteiger partial charge on any atom is 0.164 e. The first kappa shape index (κ1) is 12.6. The van der Waals surface area contributed by atoms with E-state index in [1.165, 1.54) is 30.4 Å². The molecule has 0 aromatic heterocycles. The lowest BCUT2D eigenvalue weighted by molar-refractivity contribution is 0.319. The summed E-state index contributed by atoms with van der Waals surface area (Å²) >= 11 is 0. The molecule has 1 aromatic carbocycles. The maximum atomic E-state index is 5.60. The van der Waals surface area contributed by atoms with Gasteiger partial charge in [0.2, 0.25) is 0 Å². The molecule has 2 nitrogen and oxygen atoms in total. The molecular formula is C17H22O2. The Morgan fingerprint density at radius 1 is 1.11 bits per heavy atom. The highest BCUT2D eigenvalue weighted by atomic mass is 16.5. The molecule has 0 spiro atoms. The van der Waals surface area contributed by atoms with Crippen molar-refractivity contribution in [1.29, 1.82) is 0 Å². The molecule has 0 fully saturated rings. The third kappa shape index (κ3) is 2.24. The topological polar surface area (TPSA) is 18.5 Å². The van der Waals surface area contributed by atoms with Gasteiger partial charge < -0.3 is 9.47 Å². The van der Waals surface area contributed by atoms with Gasteiger partial charge in [0.05, 0.1) is 14.2 Å². The number of hydrogen-bond acceptors (Lipinski definition) is 2. The van der Waals surface area contributed by atoms with E-state index in [4.69, 9.17) is 9.47 Å². The maximum absolute atomic E-state index is 5.60. The SMILES string of the molecule is COc1ccc2c(c1OC)CC1CCCC=CC1C2. The Bertz CT molecular complexity index is 490. The van der Waals surface area contributed by atoms with E-state index in [2.05, 4.69) is 18.2 Å². The number of benzene rings is 1. The highest BCUT2D eigenvalue weighted by Crippen LogP contribution is 2.43. The molecule has 0 bridgehead atoms. The zero-order valence-electron chi connectivity index (χ0n) is 11.8. The molecule has 0 aliphatic heterocycles. The largest absolute Gasteiger partial charge is 0.493 e. The van der Waals surface area contributed by atoms with Crippen molar-refractivity contribution in [3.05, 3.63) is 35.4 Å². The Morgan fingerprint density at radius 2 is 2.00 bits per heavy atom. The molecule has 19 heavy (non-hydrogen) atoms. The van der Waals surface area contributed by atoms with Crippen molar-refractivity contribution >= 4 is 0 Å². The average Bonchev–Trinajstić information content (AvgIpc) is 2.68. The van der Waals surface area contributed by atoms with E-state index >= 15 is 0 Å². The second-order valence-corrected chi connectivity index (χ2v) is 5.63. The highest BCUT2D eigenvalue weighted by Gasteiger charge is 2.30. The Kier molecular flexibility index (Phi) is 3.50. The van der Waals surface area contributed by atoms with Gasteiger partial charge in [-0.3, -0.25) is 0 Å². The third-order valence-electron chi connectivity index (χ3n) is 4.60. The monoisotopic (exact) mass is 258 g/mol. The first-order valence-electron chi connectivity index (χ1n) is 7.23. The van der Waals surface area contributed by atoms with E-state index in [0.29, 0.717) is 5.92 Å². The van der Waals surface area contributed by atoms with Crippen LogP contribution in [0.25, 0.3) is 0 Å². The van der Waals surface area contributed by atoms with Gasteiger partial charge in [-0.2, -0.15) is 0 Å². The summed E-state index contributed by atoms with van der Waals surface area (Å²) in [6, 6.07) is 4.25. The number of fused-ring (bicyclic) bond motifs is 2. The second kappa shape index (κ2) is 5.28. The van der Waals surface area contributed by atoms with Crippen LogP contribution >= 0.6 is 0 Å². The molecule has 2 unspecified atom stereocenters. The van der Waals surface area contributed by atoms with E-state index in [1.807, 2.05) is 6.07 Å². The molecule has 2 atom stereocenters. The van der Waals surface area contributed by atoms with Crippen LogP contribution in [-0.4, -0.2) is 14.2 Å². The average molecular weight is 258 g/mol. The van der Waals surface area contributed by atoms with Gasteiger partial charge in [0.15, 0.2) is 11.5 Å². The lowest BCUT2D eigenvalue weighted by Crippen LogP contribution is -2.24. The van der Waals surface area contributed by atoms with Gasteiger partial charge in [-0.1, -0.05) is 18.2 Å². The molecule has 0 amide bonds. The van der Waals surface area contributed by atoms with E-state index < -0.39 is 0 Å². The molecule has 1 aromatic rings. The smallest absolute Gasteiger partial charge is 0.164 e. The van der Waals surface area contributed by atoms with Crippen molar-refractivity contribution in [3.63, 3.8) is 0 Å². The molecule has 0 heterocycles. The molecule has 2 heteroatoms. The van der Waals surface area contributed by atoms with Crippen molar-refractivity contribution in [3.8, 4) is 11.5 Å². The van der Waals surface area contributed by atoms with Gasteiger partial charge in [0, 0.05) is 5.56 Å². The van der Waals surface area contributed by atoms with E-state index in [0.717, 1.165) is 30.3 Å². The van der Waals surface area contributed by atoms with Crippen molar-refractivity contribution in [1.82, 2.24) is 0 Å². The summed E-state index contributed by atoms with van der Waals surface area (Å²) in [5.74, 6) is 3.30. The van der Waals surface area contributed by atoms with Crippen LogP contribution in [0.5, 0.6) is 11.5 Å². The Morgan fingerprint density at radius 3 is 2.79 bits per heavy atom. The molecular weight excluding hydrogens is 236 g/mol. The molecule has 0 saturated carbocycles. The van der Waals surface area contributed by atoms with Crippen LogP contribution in [0, 0.1) is 11.8 Å². The number of allylic oxidation sites excluding steroid dienone is 2. The van der Waals surface area contributed by atoms with Crippen molar-refractivity contribution in [2.24, 2.45) is 11.8 Å². The quantitative estimate of drug-likeness (QED) is 0.752. The Balaban J connectivity index is 1.99. The minimum absolute atomic E-state index is 0.716. The summed E-state index contributed by atoms with van der Waals surface area (Å²) in [5.41, 5.74) is 2.81. The third-order valence-corrected chi connectivity index (χ3v) is 4.60. The zero-order valence-corrected chi connectivity index (χ0v) is 11.8. The van der Waals surface area contributed by atoms with Crippen LogP contribution in [0.1, 0.15) is 30.4 Å². The molecule has 2 aliphatic carbocycles. The van der Waals surface area contributed by atoms with Crippen LogP contribution in [0.15, 0.2) is 24.3 Å². The van der Waals surface area contributed by atoms with Crippen LogP contribution < -0.4 is 9.47 Å². The van der Waals surface area contributed by atoms with Crippen molar-refractivity contribution in [2.45, 2.75) is 32.1 Å². The number of rotatable bonds is 2. The fourth-order valence-electron chi connectivity index (χ4n) is 3.59. The van der Waals surface area contributed by atoms with Crippen molar-refractivity contribution < 1.29 is 9.47 Å². The molecule has 2 aliphatic rings. The lowest BCUT2D eigenvalue weighted by Gasteiger charge is -2.32. The Hall–Kier alpha value is -1.44. The zero-order chi connectivity index (χ0) is 13.2. The summed E-state index contributed by atoms with van der Waals surface area (Å²) in [6.07, 6.45) is 11.0. The lowest BCUT2D eigenvalue weighted by atomic mass is 9.74. The minimum Gasteiger partial charge on any atom is -0.493 e. The summed E-state index contributed by atoms with van der Waals surface area (Å²) in [6.45, 7) is 0. The summed E-state index contributed by atoms with van der Waals surface area (Å²) in [7, 11) is 3.46. The fraction of sp³-hybridized carbons (Fsp3) is 0.529. The van der Waals surface area contributed by atoms with Crippen LogP contribution in [0.2, 0.25) is 0 Å². The summed E-state index contributed by atoms with van der Waals surface area (Å²) < 4.78 is 11.0. The van der Waals surface area contributed by atoms with Gasteiger partial charge in [0.1, 0.15) is 0 Å². The van der Waals surface area contributed by atoms with E-state index in [9.17, 15) is 0 Å². The summed E-state index contributed by atoms with van der Waals surface area (Å²) in [5, 5.41) is 0. The predicted molar refractivity (Wildman–Crippen MR) is 76.9 cm³/mol. The fourth-order valence-corrected chi connectivity index (χ4v) is 3.59. The van der Waals surface area contributed by atoms with Crippen LogP contribution in [0.3, 0.4) is 0 Å². The van der Waals surface area contributed by atoms with Gasteiger partial charge in [-0.25, -0.2) is 0 Å². The molecule has 0 N–H and O–H groups in total. The Labute approximate surface area is 115 Å². The molecule has 0 radical (unpaired) electrons. The van der Waals surface area contributed by atoms with Gasteiger partial charge in [-0.05, 0) is 55.6 Å². The molecule has 0 saturated heterocycles. The van der Waals surface area contributed by atoms with Crippen LogP contribution in [-0.2, 0) is 12.8 Å². The minimum atomic E-state index is 0.716. The van der Waals surface area contributed by atoms with Crippen molar-refractivity contribution in [2.75, 3.05) is 14.2 Å². The van der Waals surface area contributed by atoms with Gasteiger partial charge in [0.25, 0.3) is 0 Å². The second-order valence-electron chi connectivity index (χ2n) is 5.63. The first-order valence-corrected chi connectivity index (χ1v) is 7.23. The van der Waals surface area contributed by atoms with E-state index in [1.54, 1.807) is 14.2 Å². The predicted octanol–water partition coefficient (Wildman–Crippen LogP) is 3.77.